The van der Waals surface area contributed by atoms with E-state index in [1.807, 2.05) is 52.0 Å². The van der Waals surface area contributed by atoms with E-state index in [-0.39, 0.29) is 0 Å². The van der Waals surface area contributed by atoms with Gasteiger partial charge in [0.05, 0.1) is 7.11 Å². The van der Waals surface area contributed by atoms with Gasteiger partial charge in [-0.2, -0.15) is 0 Å². The summed E-state index contributed by atoms with van der Waals surface area (Å²) >= 11 is 1.56. The minimum atomic E-state index is 0.910. The summed E-state index contributed by atoms with van der Waals surface area (Å²) in [5, 5.41) is 0. The van der Waals surface area contributed by atoms with Crippen molar-refractivity contribution >= 4 is 17.8 Å². The van der Waals surface area contributed by atoms with E-state index < -0.39 is 0 Å². The van der Waals surface area contributed by atoms with Gasteiger partial charge < -0.3 is 4.74 Å². The molecule has 146 valence electrons. The molecule has 0 amide bonds. The molecule has 0 unspecified atom stereocenters. The fourth-order valence-electron chi connectivity index (χ4n) is 2.22. The molecule has 27 heavy (non-hydrogen) atoms. The second-order valence-electron chi connectivity index (χ2n) is 5.66. The third-order valence-corrected chi connectivity index (χ3v) is 4.54. The van der Waals surface area contributed by atoms with Crippen molar-refractivity contribution in [1.29, 1.82) is 0 Å². The minimum Gasteiger partial charge on any atom is -0.496 e. The van der Waals surface area contributed by atoms with Gasteiger partial charge in [-0.25, -0.2) is 0 Å². The zero-order valence-corrected chi connectivity index (χ0v) is 18.7. The maximum absolute atomic E-state index is 5.43. The number of hydrogen-bond donors (Lipinski definition) is 0. The number of rotatable bonds is 8. The molecule has 0 spiro atoms. The Balaban J connectivity index is 0.00000326. The summed E-state index contributed by atoms with van der Waals surface area (Å²) in [6, 6.07) is 4.19. The monoisotopic (exact) mass is 382 g/mol. The second kappa shape index (κ2) is 13.9. The van der Waals surface area contributed by atoms with Gasteiger partial charge in [-0.1, -0.05) is 75.2 Å². The second-order valence-corrected chi connectivity index (χ2v) is 6.91. The number of aryl methyl sites for hydroxylation is 1. The molecule has 0 aromatic heterocycles. The van der Waals surface area contributed by atoms with Crippen LogP contribution in [-0.2, 0) is 0 Å². The quantitative estimate of drug-likeness (QED) is 0.419. The lowest BCUT2D eigenvalue weighted by molar-refractivity contribution is 0.411. The van der Waals surface area contributed by atoms with Crippen LogP contribution in [0.4, 0.5) is 0 Å². The smallest absolute Gasteiger partial charge is 0.122 e. The van der Waals surface area contributed by atoms with Crippen LogP contribution in [-0.4, -0.2) is 7.11 Å². The summed E-state index contributed by atoms with van der Waals surface area (Å²) in [4.78, 5) is 1.90. The highest BCUT2D eigenvalue weighted by Gasteiger charge is 2.03. The molecule has 0 heterocycles. The lowest BCUT2D eigenvalue weighted by atomic mass is 10.0. The van der Waals surface area contributed by atoms with Gasteiger partial charge in [-0.15, -0.1) is 0 Å². The topological polar surface area (TPSA) is 9.23 Å². The molecule has 0 atom stereocenters. The van der Waals surface area contributed by atoms with Crippen LogP contribution >= 0.6 is 11.8 Å². The summed E-state index contributed by atoms with van der Waals surface area (Å²) in [5.41, 5.74) is 4.65. The van der Waals surface area contributed by atoms with E-state index in [4.69, 9.17) is 4.74 Å². The van der Waals surface area contributed by atoms with Crippen LogP contribution in [0.5, 0.6) is 5.75 Å². The van der Waals surface area contributed by atoms with E-state index in [2.05, 4.69) is 57.4 Å². The van der Waals surface area contributed by atoms with Crippen molar-refractivity contribution in [3.63, 3.8) is 0 Å². The Bertz CT molecular complexity index is 746. The molecule has 0 bridgehead atoms. The Kier molecular flexibility index (Phi) is 12.8. The molecule has 1 rings (SSSR count). The number of methoxy groups -OCH3 is 1. The summed E-state index contributed by atoms with van der Waals surface area (Å²) in [6.45, 7) is 20.4. The third kappa shape index (κ3) is 9.35. The van der Waals surface area contributed by atoms with Crippen molar-refractivity contribution < 1.29 is 4.74 Å². The van der Waals surface area contributed by atoms with Crippen molar-refractivity contribution in [3.8, 4) is 5.75 Å². The molecule has 0 fully saturated rings. The first-order valence-electron chi connectivity index (χ1n) is 9.27. The molecule has 0 saturated carbocycles. The minimum absolute atomic E-state index is 0.910. The maximum Gasteiger partial charge on any atom is 0.122 e. The van der Waals surface area contributed by atoms with Crippen LogP contribution in [0.1, 0.15) is 44.4 Å². The van der Waals surface area contributed by atoms with Crippen LogP contribution in [0.15, 0.2) is 77.1 Å². The van der Waals surface area contributed by atoms with Crippen LogP contribution < -0.4 is 4.74 Å². The van der Waals surface area contributed by atoms with E-state index in [1.165, 1.54) is 11.1 Å². The van der Waals surface area contributed by atoms with E-state index in [0.717, 1.165) is 26.7 Å². The number of allylic oxidation sites excluding steroid dienone is 7. The normalized spacial score (nSPS) is 11.7. The Labute approximate surface area is 170 Å². The van der Waals surface area contributed by atoms with E-state index >= 15 is 0 Å². The van der Waals surface area contributed by atoms with Gasteiger partial charge in [0.1, 0.15) is 5.75 Å². The van der Waals surface area contributed by atoms with Gasteiger partial charge >= 0.3 is 0 Å². The summed E-state index contributed by atoms with van der Waals surface area (Å²) in [6.07, 6.45) is 14.3. The first-order chi connectivity index (χ1) is 12.9. The zero-order chi connectivity index (χ0) is 20.8. The first kappa shape index (κ1) is 24.8. The van der Waals surface area contributed by atoms with Crippen molar-refractivity contribution in [1.82, 2.24) is 0 Å². The predicted molar refractivity (Wildman–Crippen MR) is 126 cm³/mol. The van der Waals surface area contributed by atoms with Gasteiger partial charge in [0.2, 0.25) is 0 Å². The molecule has 0 aliphatic heterocycles. The molecular formula is C25H34OS. The van der Waals surface area contributed by atoms with Gasteiger partial charge in [0, 0.05) is 9.81 Å². The zero-order valence-electron chi connectivity index (χ0n) is 17.9. The van der Waals surface area contributed by atoms with Crippen LogP contribution in [0.2, 0.25) is 0 Å². The Morgan fingerprint density at radius 3 is 2.15 bits per heavy atom. The molecule has 0 radical (unpaired) electrons. The van der Waals surface area contributed by atoms with E-state index in [1.54, 1.807) is 18.9 Å². The largest absolute Gasteiger partial charge is 0.496 e. The summed E-state index contributed by atoms with van der Waals surface area (Å²) < 4.78 is 5.43. The Morgan fingerprint density at radius 2 is 1.59 bits per heavy atom. The number of benzene rings is 1. The highest BCUT2D eigenvalue weighted by Crippen LogP contribution is 2.27. The third-order valence-electron chi connectivity index (χ3n) is 3.74. The highest BCUT2D eigenvalue weighted by molar-refractivity contribution is 8.07. The molecular weight excluding hydrogens is 348 g/mol. The van der Waals surface area contributed by atoms with Crippen LogP contribution in [0.3, 0.4) is 0 Å². The van der Waals surface area contributed by atoms with Crippen LogP contribution in [0, 0.1) is 13.8 Å². The number of hydrogen-bond acceptors (Lipinski definition) is 2. The molecule has 0 N–H and O–H groups in total. The van der Waals surface area contributed by atoms with E-state index in [9.17, 15) is 0 Å². The standard InChI is InChI=1S/C23H28OS.C2H6/c1-8-10-21(9-2)13-11-18(4)25-19(5)12-14-22-15-17(3)20(6)23(16-22)24-7;1-2/h8-16H,4-5H2,1-3,6-7H3;1-2H3/b10-8-,13-11?,14-12+,21-9+;. The first-order valence-corrected chi connectivity index (χ1v) is 10.1. The lowest BCUT2D eigenvalue weighted by Crippen LogP contribution is -1.91. The fourth-order valence-corrected chi connectivity index (χ4v) is 2.83. The Hall–Kier alpha value is -2.19. The average molecular weight is 383 g/mol. The van der Waals surface area contributed by atoms with Crippen molar-refractivity contribution in [2.45, 2.75) is 41.5 Å². The fraction of sp³-hybridized carbons (Fsp3) is 0.280. The molecule has 1 aromatic carbocycles. The molecule has 0 aliphatic carbocycles. The molecule has 0 saturated heterocycles. The Morgan fingerprint density at radius 1 is 0.963 bits per heavy atom. The lowest BCUT2D eigenvalue weighted by Gasteiger charge is -2.09. The molecule has 2 heteroatoms. The van der Waals surface area contributed by atoms with Crippen molar-refractivity contribution in [3.05, 3.63) is 93.8 Å². The summed E-state index contributed by atoms with van der Waals surface area (Å²) in [5.74, 6) is 0.910. The maximum atomic E-state index is 5.43. The molecule has 1 aromatic rings. The van der Waals surface area contributed by atoms with Gasteiger partial charge in [-0.3, -0.25) is 0 Å². The predicted octanol–water partition coefficient (Wildman–Crippen LogP) is 8.19. The average Bonchev–Trinajstić information content (AvgIpc) is 2.67. The highest BCUT2D eigenvalue weighted by atomic mass is 32.2. The molecule has 0 aliphatic rings. The van der Waals surface area contributed by atoms with Gasteiger partial charge in [0.25, 0.3) is 0 Å². The van der Waals surface area contributed by atoms with Gasteiger partial charge in [-0.05, 0) is 68.2 Å². The van der Waals surface area contributed by atoms with Crippen molar-refractivity contribution in [2.24, 2.45) is 0 Å². The van der Waals surface area contributed by atoms with Crippen LogP contribution in [0.25, 0.3) is 6.08 Å². The van der Waals surface area contributed by atoms with E-state index in [0.29, 0.717) is 0 Å². The number of ether oxygens (including phenoxy) is 1. The SMILES string of the molecule is C=C(C=CC(/C=C\C)=C/C)SC(=C)/C=C/c1cc(C)c(C)c(OC)c1.CC. The molecule has 1 nitrogen and oxygen atoms in total. The van der Waals surface area contributed by atoms with Gasteiger partial charge in [0.15, 0.2) is 0 Å². The number of thioether (sulfide) groups is 1. The van der Waals surface area contributed by atoms with Crippen molar-refractivity contribution in [2.75, 3.05) is 7.11 Å². The summed E-state index contributed by atoms with van der Waals surface area (Å²) in [7, 11) is 1.70.